The van der Waals surface area contributed by atoms with Gasteiger partial charge in [0, 0.05) is 16.1 Å². The lowest BCUT2D eigenvalue weighted by Gasteiger charge is -2.13. The fraction of sp³-hybridized carbons (Fsp3) is 0.0455. The summed E-state index contributed by atoms with van der Waals surface area (Å²) >= 11 is 6.90. The van der Waals surface area contributed by atoms with Gasteiger partial charge in [-0.15, -0.1) is 11.3 Å². The molecule has 0 saturated heterocycles. The number of para-hydroxylation sites is 1. The number of imidazole rings is 1. The van der Waals surface area contributed by atoms with E-state index in [1.807, 2.05) is 0 Å². The molecule has 2 aromatic carbocycles. The van der Waals surface area contributed by atoms with Gasteiger partial charge in [0.25, 0.3) is 5.91 Å². The molecule has 0 saturated carbocycles. The van der Waals surface area contributed by atoms with E-state index in [1.54, 1.807) is 42.5 Å². The van der Waals surface area contributed by atoms with E-state index < -0.39 is 29.4 Å². The highest BCUT2D eigenvalue weighted by Gasteiger charge is 2.41. The van der Waals surface area contributed by atoms with E-state index in [9.17, 15) is 27.9 Å². The van der Waals surface area contributed by atoms with Crippen LogP contribution in [0.25, 0.3) is 16.1 Å². The van der Waals surface area contributed by atoms with Crippen LogP contribution in [-0.2, 0) is 6.18 Å². The van der Waals surface area contributed by atoms with Crippen molar-refractivity contribution in [3.8, 4) is 16.1 Å². The van der Waals surface area contributed by atoms with Gasteiger partial charge in [-0.25, -0.2) is 9.78 Å². The summed E-state index contributed by atoms with van der Waals surface area (Å²) in [4.78, 5) is 28.7. The van der Waals surface area contributed by atoms with Crippen LogP contribution in [0.1, 0.15) is 26.5 Å². The highest BCUT2D eigenvalue weighted by molar-refractivity contribution is 7.14. The highest BCUT2D eigenvalue weighted by atomic mass is 35.5. The zero-order valence-electron chi connectivity index (χ0n) is 16.4. The van der Waals surface area contributed by atoms with Gasteiger partial charge in [0.15, 0.2) is 11.4 Å². The third kappa shape index (κ3) is 4.48. The van der Waals surface area contributed by atoms with Crippen molar-refractivity contribution in [3.05, 3.63) is 88.3 Å². The number of carboxylic acids is 1. The number of halogens is 4. The first-order valence-corrected chi connectivity index (χ1v) is 10.5. The zero-order chi connectivity index (χ0) is 23.8. The molecule has 168 valence electrons. The van der Waals surface area contributed by atoms with Gasteiger partial charge in [-0.2, -0.15) is 13.2 Å². The second kappa shape index (κ2) is 8.72. The van der Waals surface area contributed by atoms with Gasteiger partial charge in [0.1, 0.15) is 11.9 Å². The van der Waals surface area contributed by atoms with Gasteiger partial charge < -0.3 is 10.4 Å². The summed E-state index contributed by atoms with van der Waals surface area (Å²) in [5.74, 6) is -2.53. The Labute approximate surface area is 193 Å². The molecule has 0 spiro atoms. The fourth-order valence-corrected chi connectivity index (χ4v) is 4.35. The molecule has 1 amide bonds. The van der Waals surface area contributed by atoms with Crippen molar-refractivity contribution in [3.63, 3.8) is 0 Å². The van der Waals surface area contributed by atoms with E-state index in [1.165, 1.54) is 17.5 Å². The molecule has 0 aliphatic rings. The Morgan fingerprint density at radius 1 is 1.06 bits per heavy atom. The summed E-state index contributed by atoms with van der Waals surface area (Å²) in [6.07, 6.45) is -3.99. The first kappa shape index (κ1) is 22.6. The topological polar surface area (TPSA) is 84.2 Å². The standard InChI is InChI=1S/C22H13ClF3N3O3S/c23-13-8-6-12(7-9-13)18-16(21(31)32)15(10-33-18)28-20(30)17-19(22(24,25)26)29(11-27-17)14-4-2-1-3-5-14/h1-11H,(H,28,30)(H,31,32). The molecule has 0 aliphatic carbocycles. The van der Waals surface area contributed by atoms with Crippen LogP contribution in [0.2, 0.25) is 5.02 Å². The Bertz CT molecular complexity index is 1330. The van der Waals surface area contributed by atoms with Crippen molar-refractivity contribution < 1.29 is 27.9 Å². The molecule has 4 rings (SSSR count). The van der Waals surface area contributed by atoms with Gasteiger partial charge in [0.05, 0.1) is 10.6 Å². The van der Waals surface area contributed by atoms with Crippen molar-refractivity contribution in [2.75, 3.05) is 5.32 Å². The third-order valence-corrected chi connectivity index (χ3v) is 5.93. The number of anilines is 1. The van der Waals surface area contributed by atoms with Crippen LogP contribution in [0.3, 0.4) is 0 Å². The lowest BCUT2D eigenvalue weighted by Crippen LogP contribution is -2.21. The van der Waals surface area contributed by atoms with Gasteiger partial charge in [0.2, 0.25) is 0 Å². The van der Waals surface area contributed by atoms with Crippen LogP contribution < -0.4 is 5.32 Å². The van der Waals surface area contributed by atoms with E-state index in [0.29, 0.717) is 15.5 Å². The smallest absolute Gasteiger partial charge is 0.434 e. The highest BCUT2D eigenvalue weighted by Crippen LogP contribution is 2.38. The Balaban J connectivity index is 1.73. The maximum Gasteiger partial charge on any atom is 0.434 e. The molecule has 33 heavy (non-hydrogen) atoms. The lowest BCUT2D eigenvalue weighted by molar-refractivity contribution is -0.142. The predicted octanol–water partition coefficient (Wildman–Crippen LogP) is 6.22. The van der Waals surface area contributed by atoms with E-state index in [-0.39, 0.29) is 16.9 Å². The second-order valence-electron chi connectivity index (χ2n) is 6.76. The molecule has 0 fully saturated rings. The summed E-state index contributed by atoms with van der Waals surface area (Å²) in [5.41, 5.74) is -1.82. The van der Waals surface area contributed by atoms with Crippen LogP contribution in [0.5, 0.6) is 0 Å². The number of amides is 1. The van der Waals surface area contributed by atoms with Crippen LogP contribution in [0.4, 0.5) is 18.9 Å². The number of rotatable bonds is 5. The van der Waals surface area contributed by atoms with E-state index >= 15 is 0 Å². The minimum atomic E-state index is -4.89. The number of thiophene rings is 1. The Morgan fingerprint density at radius 3 is 2.33 bits per heavy atom. The molecule has 11 heteroatoms. The summed E-state index contributed by atoms with van der Waals surface area (Å²) in [6.45, 7) is 0. The molecule has 0 atom stereocenters. The number of carboxylic acid groups (broad SMARTS) is 1. The van der Waals surface area contributed by atoms with Crippen LogP contribution in [0, 0.1) is 0 Å². The first-order chi connectivity index (χ1) is 15.7. The summed E-state index contributed by atoms with van der Waals surface area (Å²) in [5, 5.41) is 13.8. The number of nitrogens with one attached hydrogen (secondary N) is 1. The third-order valence-electron chi connectivity index (χ3n) is 4.64. The van der Waals surface area contributed by atoms with Gasteiger partial charge in [-0.3, -0.25) is 9.36 Å². The van der Waals surface area contributed by atoms with Crippen molar-refractivity contribution >= 4 is 40.5 Å². The number of alkyl halides is 3. The molecular formula is C22H13ClF3N3O3S. The Hall–Kier alpha value is -3.63. The van der Waals surface area contributed by atoms with Crippen molar-refractivity contribution in [1.82, 2.24) is 9.55 Å². The number of aromatic nitrogens is 2. The summed E-state index contributed by atoms with van der Waals surface area (Å²) in [7, 11) is 0. The largest absolute Gasteiger partial charge is 0.478 e. The summed E-state index contributed by atoms with van der Waals surface area (Å²) in [6, 6.07) is 14.0. The van der Waals surface area contributed by atoms with Crippen LogP contribution >= 0.6 is 22.9 Å². The number of benzene rings is 2. The fourth-order valence-electron chi connectivity index (χ4n) is 3.23. The monoisotopic (exact) mass is 491 g/mol. The molecule has 0 unspecified atom stereocenters. The molecule has 2 heterocycles. The molecule has 6 nitrogen and oxygen atoms in total. The molecule has 4 aromatic rings. The van der Waals surface area contributed by atoms with E-state index in [2.05, 4.69) is 10.3 Å². The average molecular weight is 492 g/mol. The van der Waals surface area contributed by atoms with Crippen molar-refractivity contribution in [2.24, 2.45) is 0 Å². The molecule has 0 radical (unpaired) electrons. The normalized spacial score (nSPS) is 11.4. The Morgan fingerprint density at radius 2 is 1.73 bits per heavy atom. The lowest BCUT2D eigenvalue weighted by atomic mass is 10.1. The van der Waals surface area contributed by atoms with Crippen LogP contribution in [0.15, 0.2) is 66.3 Å². The SMILES string of the molecule is O=C(Nc1csc(-c2ccc(Cl)cc2)c1C(=O)O)c1ncn(-c2ccccc2)c1C(F)(F)F. The molecular weight excluding hydrogens is 479 g/mol. The van der Waals surface area contributed by atoms with Crippen molar-refractivity contribution in [2.45, 2.75) is 6.18 Å². The van der Waals surface area contributed by atoms with Crippen molar-refractivity contribution in [1.29, 1.82) is 0 Å². The molecule has 2 aromatic heterocycles. The first-order valence-electron chi connectivity index (χ1n) is 9.29. The van der Waals surface area contributed by atoms with Gasteiger partial charge in [-0.05, 0) is 29.8 Å². The van der Waals surface area contributed by atoms with Gasteiger partial charge in [-0.1, -0.05) is 41.9 Å². The molecule has 2 N–H and O–H groups in total. The number of aromatic carboxylic acids is 1. The average Bonchev–Trinajstić information content (AvgIpc) is 3.40. The number of carbonyl (C=O) groups excluding carboxylic acids is 1. The number of hydrogen-bond donors (Lipinski definition) is 2. The number of carbonyl (C=O) groups is 2. The Kier molecular flexibility index (Phi) is 5.96. The number of hydrogen-bond acceptors (Lipinski definition) is 4. The van der Waals surface area contributed by atoms with E-state index in [4.69, 9.17) is 11.6 Å². The quantitative estimate of drug-likeness (QED) is 0.347. The second-order valence-corrected chi connectivity index (χ2v) is 8.08. The molecule has 0 aliphatic heterocycles. The van der Waals surface area contributed by atoms with E-state index in [0.717, 1.165) is 22.2 Å². The summed E-state index contributed by atoms with van der Waals surface area (Å²) < 4.78 is 42.3. The molecule has 0 bridgehead atoms. The maximum absolute atomic E-state index is 13.8. The van der Waals surface area contributed by atoms with Crippen LogP contribution in [-0.4, -0.2) is 26.5 Å². The maximum atomic E-state index is 13.8. The van der Waals surface area contributed by atoms with Gasteiger partial charge >= 0.3 is 12.1 Å². The zero-order valence-corrected chi connectivity index (χ0v) is 18.0. The minimum Gasteiger partial charge on any atom is -0.478 e. The minimum absolute atomic E-state index is 0.134. The number of nitrogens with zero attached hydrogens (tertiary/aromatic N) is 2. The predicted molar refractivity (Wildman–Crippen MR) is 118 cm³/mol.